The summed E-state index contributed by atoms with van der Waals surface area (Å²) in [6, 6.07) is 5.63. The van der Waals surface area contributed by atoms with Crippen molar-refractivity contribution in [3.63, 3.8) is 0 Å². The van der Waals surface area contributed by atoms with Gasteiger partial charge in [0.1, 0.15) is 0 Å². The lowest BCUT2D eigenvalue weighted by Crippen LogP contribution is -2.33. The van der Waals surface area contributed by atoms with Gasteiger partial charge < -0.3 is 5.32 Å². The van der Waals surface area contributed by atoms with Gasteiger partial charge >= 0.3 is 0 Å². The zero-order valence-corrected chi connectivity index (χ0v) is 13.9. The molecule has 5 heteroatoms. The molecule has 3 rings (SSSR count). The summed E-state index contributed by atoms with van der Waals surface area (Å²) in [5.74, 6) is 0.597. The third kappa shape index (κ3) is 3.89. The second-order valence-corrected chi connectivity index (χ2v) is 8.30. The number of hydrogen-bond donors (Lipinski definition) is 2. The molecule has 0 saturated carbocycles. The van der Waals surface area contributed by atoms with Crippen molar-refractivity contribution in [2.45, 2.75) is 49.8 Å². The van der Waals surface area contributed by atoms with E-state index in [4.69, 9.17) is 0 Å². The van der Waals surface area contributed by atoms with Crippen molar-refractivity contribution in [1.82, 2.24) is 10.0 Å². The van der Waals surface area contributed by atoms with Crippen molar-refractivity contribution < 1.29 is 8.42 Å². The molecular formula is C17H26N2O2S. The predicted molar refractivity (Wildman–Crippen MR) is 88.5 cm³/mol. The molecule has 1 aromatic carbocycles. The molecule has 1 heterocycles. The van der Waals surface area contributed by atoms with Gasteiger partial charge in [-0.25, -0.2) is 13.1 Å². The van der Waals surface area contributed by atoms with E-state index >= 15 is 0 Å². The Morgan fingerprint density at radius 3 is 2.73 bits per heavy atom. The fourth-order valence-electron chi connectivity index (χ4n) is 3.53. The van der Waals surface area contributed by atoms with Crippen molar-refractivity contribution in [1.29, 1.82) is 0 Å². The molecule has 0 aromatic heterocycles. The monoisotopic (exact) mass is 322 g/mol. The van der Waals surface area contributed by atoms with Crippen molar-refractivity contribution in [3.8, 4) is 0 Å². The molecule has 1 atom stereocenters. The smallest absolute Gasteiger partial charge is 0.240 e. The van der Waals surface area contributed by atoms with Crippen LogP contribution >= 0.6 is 0 Å². The van der Waals surface area contributed by atoms with Crippen molar-refractivity contribution >= 4 is 10.0 Å². The first-order valence-corrected chi connectivity index (χ1v) is 9.96. The normalized spacial score (nSPS) is 22.3. The van der Waals surface area contributed by atoms with E-state index in [1.54, 1.807) is 6.07 Å². The SMILES string of the molecule is O=S(=O)(NCCC1CCCNC1)c1ccc2c(c1)CCCC2. The summed E-state index contributed by atoms with van der Waals surface area (Å²) >= 11 is 0. The van der Waals surface area contributed by atoms with Crippen LogP contribution in [0.2, 0.25) is 0 Å². The van der Waals surface area contributed by atoms with E-state index < -0.39 is 10.0 Å². The van der Waals surface area contributed by atoms with E-state index in [1.165, 1.54) is 36.8 Å². The molecule has 2 aliphatic rings. The summed E-state index contributed by atoms with van der Waals surface area (Å²) in [4.78, 5) is 0.426. The minimum absolute atomic E-state index is 0.426. The lowest BCUT2D eigenvalue weighted by Gasteiger charge is -2.22. The first kappa shape index (κ1) is 16.0. The van der Waals surface area contributed by atoms with Gasteiger partial charge in [-0.1, -0.05) is 6.07 Å². The lowest BCUT2D eigenvalue weighted by atomic mass is 9.92. The summed E-state index contributed by atoms with van der Waals surface area (Å²) in [6.45, 7) is 2.64. The Labute approximate surface area is 133 Å². The molecule has 4 nitrogen and oxygen atoms in total. The zero-order valence-electron chi connectivity index (χ0n) is 13.1. The molecule has 1 aliphatic carbocycles. The molecule has 1 aliphatic heterocycles. The van der Waals surface area contributed by atoms with Gasteiger partial charge in [-0.15, -0.1) is 0 Å². The van der Waals surface area contributed by atoms with E-state index in [0.717, 1.165) is 32.4 Å². The minimum Gasteiger partial charge on any atom is -0.316 e. The molecule has 0 amide bonds. The number of sulfonamides is 1. The van der Waals surface area contributed by atoms with Crippen LogP contribution in [-0.2, 0) is 22.9 Å². The highest BCUT2D eigenvalue weighted by molar-refractivity contribution is 7.89. The first-order chi connectivity index (χ1) is 10.6. The fourth-order valence-corrected chi connectivity index (χ4v) is 4.63. The minimum atomic E-state index is -3.36. The van der Waals surface area contributed by atoms with Crippen molar-refractivity contribution in [2.75, 3.05) is 19.6 Å². The molecule has 1 fully saturated rings. The fraction of sp³-hybridized carbons (Fsp3) is 0.647. The molecule has 1 saturated heterocycles. The van der Waals surface area contributed by atoms with Crippen LogP contribution in [0.5, 0.6) is 0 Å². The van der Waals surface area contributed by atoms with E-state index in [2.05, 4.69) is 10.0 Å². The molecule has 1 unspecified atom stereocenters. The molecule has 22 heavy (non-hydrogen) atoms. The van der Waals surface area contributed by atoms with Gasteiger partial charge in [-0.3, -0.25) is 0 Å². The average Bonchev–Trinajstić information content (AvgIpc) is 2.55. The maximum absolute atomic E-state index is 12.4. The Kier molecular flexibility index (Phi) is 5.16. The van der Waals surface area contributed by atoms with E-state index in [1.807, 2.05) is 12.1 Å². The highest BCUT2D eigenvalue weighted by Gasteiger charge is 2.18. The van der Waals surface area contributed by atoms with Crippen LogP contribution in [0.3, 0.4) is 0 Å². The van der Waals surface area contributed by atoms with Crippen LogP contribution in [0.1, 0.15) is 43.2 Å². The Bertz CT molecular complexity index is 607. The zero-order chi connectivity index (χ0) is 15.4. The van der Waals surface area contributed by atoms with Crippen LogP contribution in [0.25, 0.3) is 0 Å². The van der Waals surface area contributed by atoms with E-state index in [-0.39, 0.29) is 0 Å². The Morgan fingerprint density at radius 2 is 1.95 bits per heavy atom. The Hall–Kier alpha value is -0.910. The van der Waals surface area contributed by atoms with Gasteiger partial charge in [0.25, 0.3) is 0 Å². The number of aryl methyl sites for hydroxylation is 2. The number of nitrogens with one attached hydrogen (secondary N) is 2. The molecule has 0 radical (unpaired) electrons. The molecule has 2 N–H and O–H groups in total. The van der Waals surface area contributed by atoms with Crippen LogP contribution in [0.4, 0.5) is 0 Å². The van der Waals surface area contributed by atoms with Gasteiger partial charge in [-0.2, -0.15) is 0 Å². The molecule has 122 valence electrons. The maximum Gasteiger partial charge on any atom is 0.240 e. The number of benzene rings is 1. The Morgan fingerprint density at radius 1 is 1.14 bits per heavy atom. The maximum atomic E-state index is 12.4. The molecule has 1 aromatic rings. The van der Waals surface area contributed by atoms with Crippen molar-refractivity contribution in [3.05, 3.63) is 29.3 Å². The second kappa shape index (κ2) is 7.11. The van der Waals surface area contributed by atoms with Crippen molar-refractivity contribution in [2.24, 2.45) is 5.92 Å². The summed E-state index contributed by atoms with van der Waals surface area (Å²) in [5.41, 5.74) is 2.53. The topological polar surface area (TPSA) is 58.2 Å². The second-order valence-electron chi connectivity index (χ2n) is 6.54. The lowest BCUT2D eigenvalue weighted by molar-refractivity contribution is 0.358. The Balaban J connectivity index is 1.60. The third-order valence-corrected chi connectivity index (χ3v) is 6.33. The number of fused-ring (bicyclic) bond motifs is 1. The molecule has 0 spiro atoms. The summed E-state index contributed by atoms with van der Waals surface area (Å²) in [5, 5.41) is 3.37. The number of rotatable bonds is 5. The largest absolute Gasteiger partial charge is 0.316 e. The summed E-state index contributed by atoms with van der Waals surface area (Å²) in [7, 11) is -3.36. The summed E-state index contributed by atoms with van der Waals surface area (Å²) in [6.07, 6.45) is 7.78. The van der Waals surface area contributed by atoms with Crippen LogP contribution in [0.15, 0.2) is 23.1 Å². The van der Waals surface area contributed by atoms with E-state index in [0.29, 0.717) is 17.4 Å². The van der Waals surface area contributed by atoms with Crippen LogP contribution in [0, 0.1) is 5.92 Å². The molecule has 0 bridgehead atoms. The quantitative estimate of drug-likeness (QED) is 0.874. The first-order valence-electron chi connectivity index (χ1n) is 8.47. The van der Waals surface area contributed by atoms with Gasteiger partial charge in [0.15, 0.2) is 0 Å². The third-order valence-electron chi connectivity index (χ3n) is 4.87. The number of piperidine rings is 1. The number of hydrogen-bond acceptors (Lipinski definition) is 3. The van der Waals surface area contributed by atoms with Crippen LogP contribution in [-0.4, -0.2) is 28.1 Å². The standard InChI is InChI=1S/C17H26N2O2S/c20-22(21,19-11-9-14-4-3-10-18-13-14)17-8-7-15-5-1-2-6-16(15)12-17/h7-8,12,14,18-19H,1-6,9-11,13H2. The van der Waals surface area contributed by atoms with Gasteiger partial charge in [-0.05, 0) is 87.2 Å². The van der Waals surface area contributed by atoms with Gasteiger partial charge in [0.05, 0.1) is 4.90 Å². The average molecular weight is 322 g/mol. The highest BCUT2D eigenvalue weighted by atomic mass is 32.2. The van der Waals surface area contributed by atoms with E-state index in [9.17, 15) is 8.42 Å². The van der Waals surface area contributed by atoms with Gasteiger partial charge in [0.2, 0.25) is 10.0 Å². The predicted octanol–water partition coefficient (Wildman–Crippen LogP) is 2.23. The van der Waals surface area contributed by atoms with Crippen LogP contribution < -0.4 is 10.0 Å². The van der Waals surface area contributed by atoms with Gasteiger partial charge in [0, 0.05) is 6.54 Å². The summed E-state index contributed by atoms with van der Waals surface area (Å²) < 4.78 is 27.6. The molecular weight excluding hydrogens is 296 g/mol. The highest BCUT2D eigenvalue weighted by Crippen LogP contribution is 2.24.